The van der Waals surface area contributed by atoms with Crippen molar-refractivity contribution in [1.29, 1.82) is 0 Å². The first-order chi connectivity index (χ1) is 13.1. The lowest BCUT2D eigenvalue weighted by Crippen LogP contribution is -2.26. The van der Waals surface area contributed by atoms with Crippen molar-refractivity contribution in [3.63, 3.8) is 0 Å². The van der Waals surface area contributed by atoms with Crippen LogP contribution in [0, 0.1) is 0 Å². The van der Waals surface area contributed by atoms with Gasteiger partial charge in [0.25, 0.3) is 5.91 Å². The minimum atomic E-state index is -1.05. The Morgan fingerprint density at radius 2 is 2.00 bits per heavy atom. The molecule has 1 aromatic carbocycles. The van der Waals surface area contributed by atoms with E-state index in [0.717, 1.165) is 9.95 Å². The molecule has 0 radical (unpaired) electrons. The van der Waals surface area contributed by atoms with Crippen LogP contribution in [0.4, 0.5) is 4.79 Å². The average Bonchev–Trinajstić information content (AvgIpc) is 3.09. The van der Waals surface area contributed by atoms with Gasteiger partial charge in [-0.2, -0.15) is 0 Å². The first-order valence-corrected chi connectivity index (χ1v) is 8.34. The summed E-state index contributed by atoms with van der Waals surface area (Å²) >= 11 is 0. The van der Waals surface area contributed by atoms with E-state index in [9.17, 15) is 9.59 Å². The summed E-state index contributed by atoms with van der Waals surface area (Å²) < 4.78 is 11.9. The molecular formula is C19H19N3O5. The summed E-state index contributed by atoms with van der Waals surface area (Å²) in [4.78, 5) is 27.3. The van der Waals surface area contributed by atoms with Gasteiger partial charge >= 0.3 is 6.09 Å². The maximum absolute atomic E-state index is 12.1. The zero-order valence-electron chi connectivity index (χ0n) is 14.7. The maximum atomic E-state index is 12.1. The number of fused-ring (bicyclic) bond motifs is 1. The summed E-state index contributed by atoms with van der Waals surface area (Å²) in [5.41, 5.74) is 0.823. The molecule has 0 saturated carbocycles. The summed E-state index contributed by atoms with van der Waals surface area (Å²) in [6.07, 6.45) is 2.65. The Kier molecular flexibility index (Phi) is 5.68. The van der Waals surface area contributed by atoms with E-state index in [-0.39, 0.29) is 11.6 Å². The number of carbonyl (C=O) groups excluding carboxylic acids is 1. The molecule has 0 aliphatic heterocycles. The number of carboxylic acid groups (broad SMARTS) is 1. The molecule has 8 heteroatoms. The van der Waals surface area contributed by atoms with Gasteiger partial charge in [-0.15, -0.1) is 0 Å². The van der Waals surface area contributed by atoms with Crippen LogP contribution in [-0.4, -0.2) is 46.9 Å². The number of pyridine rings is 1. The van der Waals surface area contributed by atoms with Crippen molar-refractivity contribution in [3.05, 3.63) is 54.5 Å². The van der Waals surface area contributed by atoms with E-state index in [1.165, 1.54) is 12.4 Å². The highest BCUT2D eigenvalue weighted by atomic mass is 16.5. The monoisotopic (exact) mass is 369 g/mol. The summed E-state index contributed by atoms with van der Waals surface area (Å²) in [6.45, 7) is 1.07. The highest BCUT2D eigenvalue weighted by Gasteiger charge is 2.10. The number of hydrogen-bond donors (Lipinski definition) is 2. The quantitative estimate of drug-likeness (QED) is 0.620. The predicted molar refractivity (Wildman–Crippen MR) is 98.5 cm³/mol. The number of aromatic nitrogens is 2. The standard InChI is InChI=1S/C19H19N3O5/c1-26-10-2-7-21-18(23)16-12-15(5-8-20-16)27-14-3-4-17-13(11-14)6-9-22(17)19(24)25/h3-6,8-9,11-12H,2,7,10H2,1H3,(H,21,23)(H,24,25). The Bertz CT molecular complexity index is 967. The van der Waals surface area contributed by atoms with Gasteiger partial charge in [-0.05, 0) is 36.8 Å². The number of ether oxygens (including phenoxy) is 2. The summed E-state index contributed by atoms with van der Waals surface area (Å²) in [5, 5.41) is 12.6. The van der Waals surface area contributed by atoms with Crippen molar-refractivity contribution >= 4 is 22.9 Å². The minimum Gasteiger partial charge on any atom is -0.464 e. The molecule has 27 heavy (non-hydrogen) atoms. The first kappa shape index (κ1) is 18.4. The largest absolute Gasteiger partial charge is 0.464 e. The van der Waals surface area contributed by atoms with E-state index in [1.807, 2.05) is 0 Å². The number of carbonyl (C=O) groups is 2. The second-order valence-corrected chi connectivity index (χ2v) is 5.77. The van der Waals surface area contributed by atoms with Crippen molar-refractivity contribution in [2.45, 2.75) is 6.42 Å². The molecule has 2 N–H and O–H groups in total. The van der Waals surface area contributed by atoms with E-state index >= 15 is 0 Å². The van der Waals surface area contributed by atoms with Gasteiger partial charge in [-0.25, -0.2) is 4.79 Å². The molecule has 3 rings (SSSR count). The molecule has 2 aromatic heterocycles. The number of amides is 1. The predicted octanol–water partition coefficient (Wildman–Crippen LogP) is 3.12. The molecule has 0 aliphatic carbocycles. The third-order valence-electron chi connectivity index (χ3n) is 3.88. The molecule has 0 bridgehead atoms. The molecule has 1 amide bonds. The zero-order chi connectivity index (χ0) is 19.2. The zero-order valence-corrected chi connectivity index (χ0v) is 14.7. The molecule has 0 spiro atoms. The van der Waals surface area contributed by atoms with Crippen LogP contribution in [0.2, 0.25) is 0 Å². The van der Waals surface area contributed by atoms with Crippen molar-refractivity contribution in [1.82, 2.24) is 14.9 Å². The summed E-state index contributed by atoms with van der Waals surface area (Å²) in [5.74, 6) is 0.706. The molecular weight excluding hydrogens is 350 g/mol. The number of rotatable bonds is 7. The van der Waals surface area contributed by atoms with Crippen LogP contribution < -0.4 is 10.1 Å². The molecule has 0 fully saturated rings. The third kappa shape index (κ3) is 4.42. The van der Waals surface area contributed by atoms with Crippen molar-refractivity contribution in [2.24, 2.45) is 0 Å². The second kappa shape index (κ2) is 8.33. The van der Waals surface area contributed by atoms with Crippen molar-refractivity contribution in [2.75, 3.05) is 20.3 Å². The topological polar surface area (TPSA) is 103 Å². The van der Waals surface area contributed by atoms with E-state index in [0.29, 0.717) is 36.6 Å². The van der Waals surface area contributed by atoms with Crippen LogP contribution in [0.15, 0.2) is 48.8 Å². The van der Waals surface area contributed by atoms with Crippen LogP contribution in [0.3, 0.4) is 0 Å². The summed E-state index contributed by atoms with van der Waals surface area (Å²) in [6, 6.07) is 9.98. The smallest absolute Gasteiger partial charge is 0.415 e. The Balaban J connectivity index is 1.71. The SMILES string of the molecule is COCCCNC(=O)c1cc(Oc2ccc3c(ccn3C(=O)O)c2)ccn1. The van der Waals surface area contributed by atoms with Crippen LogP contribution in [0.1, 0.15) is 16.9 Å². The number of benzene rings is 1. The lowest BCUT2D eigenvalue weighted by atomic mass is 10.2. The lowest BCUT2D eigenvalue weighted by Gasteiger charge is -2.08. The summed E-state index contributed by atoms with van der Waals surface area (Å²) in [7, 11) is 1.61. The Labute approximate surface area is 155 Å². The fraction of sp³-hybridized carbons (Fsp3) is 0.211. The first-order valence-electron chi connectivity index (χ1n) is 8.34. The van der Waals surface area contributed by atoms with Gasteiger partial charge in [0.2, 0.25) is 0 Å². The Hall–Kier alpha value is -3.39. The minimum absolute atomic E-state index is 0.253. The number of hydrogen-bond acceptors (Lipinski definition) is 5. The number of nitrogens with zero attached hydrogens (tertiary/aromatic N) is 2. The molecule has 0 unspecified atom stereocenters. The number of methoxy groups -OCH3 is 1. The van der Waals surface area contributed by atoms with Crippen LogP contribution in [0.25, 0.3) is 10.9 Å². The normalized spacial score (nSPS) is 10.7. The maximum Gasteiger partial charge on any atom is 0.415 e. The molecule has 3 aromatic rings. The van der Waals surface area contributed by atoms with Crippen LogP contribution >= 0.6 is 0 Å². The molecule has 0 atom stereocenters. The molecule has 0 aliphatic rings. The Morgan fingerprint density at radius 3 is 2.78 bits per heavy atom. The van der Waals surface area contributed by atoms with Gasteiger partial charge in [0.1, 0.15) is 17.2 Å². The average molecular weight is 369 g/mol. The Morgan fingerprint density at radius 1 is 1.19 bits per heavy atom. The second-order valence-electron chi connectivity index (χ2n) is 5.77. The van der Waals surface area contributed by atoms with Crippen LogP contribution in [-0.2, 0) is 4.74 Å². The van der Waals surface area contributed by atoms with Gasteiger partial charge in [-0.3, -0.25) is 14.3 Å². The van der Waals surface area contributed by atoms with Gasteiger partial charge in [0.05, 0.1) is 5.52 Å². The highest BCUT2D eigenvalue weighted by Crippen LogP contribution is 2.26. The number of nitrogens with one attached hydrogen (secondary N) is 1. The highest BCUT2D eigenvalue weighted by molar-refractivity contribution is 5.92. The van der Waals surface area contributed by atoms with Crippen LogP contribution in [0.5, 0.6) is 11.5 Å². The van der Waals surface area contributed by atoms with Gasteiger partial charge in [0.15, 0.2) is 0 Å². The molecule has 0 saturated heterocycles. The fourth-order valence-corrected chi connectivity index (χ4v) is 2.59. The lowest BCUT2D eigenvalue weighted by molar-refractivity contribution is 0.0943. The van der Waals surface area contributed by atoms with E-state index in [2.05, 4.69) is 10.3 Å². The molecule has 140 valence electrons. The fourth-order valence-electron chi connectivity index (χ4n) is 2.59. The van der Waals surface area contributed by atoms with Crippen molar-refractivity contribution in [3.8, 4) is 11.5 Å². The van der Waals surface area contributed by atoms with Crippen molar-refractivity contribution < 1.29 is 24.2 Å². The van der Waals surface area contributed by atoms with E-state index < -0.39 is 6.09 Å². The van der Waals surface area contributed by atoms with E-state index in [4.69, 9.17) is 14.6 Å². The van der Waals surface area contributed by atoms with Gasteiger partial charge in [0, 0.05) is 44.1 Å². The molecule has 2 heterocycles. The van der Waals surface area contributed by atoms with Gasteiger partial charge < -0.3 is 19.9 Å². The van der Waals surface area contributed by atoms with E-state index in [1.54, 1.807) is 43.5 Å². The van der Waals surface area contributed by atoms with Gasteiger partial charge in [-0.1, -0.05) is 0 Å². The molecule has 8 nitrogen and oxygen atoms in total. The third-order valence-corrected chi connectivity index (χ3v) is 3.88.